The number of amides is 2. The van der Waals surface area contributed by atoms with Gasteiger partial charge in [0.2, 0.25) is 11.8 Å². The van der Waals surface area contributed by atoms with Gasteiger partial charge in [-0.1, -0.05) is 12.8 Å². The van der Waals surface area contributed by atoms with E-state index in [9.17, 15) is 9.59 Å². The number of aromatic amines is 1. The van der Waals surface area contributed by atoms with Gasteiger partial charge in [-0.05, 0) is 12.8 Å². The van der Waals surface area contributed by atoms with Crippen LogP contribution in [0.3, 0.4) is 0 Å². The fourth-order valence-electron chi connectivity index (χ4n) is 2.97. The Labute approximate surface area is 111 Å². The summed E-state index contributed by atoms with van der Waals surface area (Å²) in [6.07, 6.45) is 7.84. The molecule has 1 saturated heterocycles. The van der Waals surface area contributed by atoms with E-state index in [1.54, 1.807) is 12.4 Å². The van der Waals surface area contributed by atoms with Crippen LogP contribution in [0.25, 0.3) is 0 Å². The van der Waals surface area contributed by atoms with Crippen molar-refractivity contribution in [2.24, 2.45) is 0 Å². The SMILES string of the molecule is O=C1CC(NCc2ncc[nH]2)C(=O)N1C1CCCC1. The maximum Gasteiger partial charge on any atom is 0.247 e. The molecule has 0 spiro atoms. The minimum Gasteiger partial charge on any atom is -0.348 e. The smallest absolute Gasteiger partial charge is 0.247 e. The second-order valence-electron chi connectivity index (χ2n) is 5.21. The van der Waals surface area contributed by atoms with Crippen LogP contribution < -0.4 is 5.32 Å². The number of rotatable bonds is 4. The molecule has 0 bridgehead atoms. The Bertz CT molecular complexity index is 465. The fraction of sp³-hybridized carbons (Fsp3) is 0.615. The molecule has 1 unspecified atom stereocenters. The molecule has 3 rings (SSSR count). The van der Waals surface area contributed by atoms with Crippen molar-refractivity contribution in [3.63, 3.8) is 0 Å². The molecule has 1 atom stereocenters. The molecule has 2 heterocycles. The van der Waals surface area contributed by atoms with Gasteiger partial charge in [0.1, 0.15) is 5.82 Å². The molecule has 1 saturated carbocycles. The molecule has 19 heavy (non-hydrogen) atoms. The summed E-state index contributed by atoms with van der Waals surface area (Å²) in [5.74, 6) is 0.678. The summed E-state index contributed by atoms with van der Waals surface area (Å²) >= 11 is 0. The van der Waals surface area contributed by atoms with Crippen LogP contribution >= 0.6 is 0 Å². The van der Waals surface area contributed by atoms with Crippen LogP contribution in [0.4, 0.5) is 0 Å². The standard InChI is InChI=1S/C13H18N4O2/c18-12-7-10(16-8-11-14-5-6-15-11)13(19)17(12)9-3-1-2-4-9/h5-6,9-10,16H,1-4,7-8H2,(H,14,15). The van der Waals surface area contributed by atoms with Crippen molar-refractivity contribution in [2.45, 2.75) is 50.7 Å². The number of carbonyl (C=O) groups is 2. The van der Waals surface area contributed by atoms with Crippen molar-refractivity contribution in [2.75, 3.05) is 0 Å². The highest BCUT2D eigenvalue weighted by Crippen LogP contribution is 2.28. The van der Waals surface area contributed by atoms with E-state index in [1.165, 1.54) is 4.90 Å². The van der Waals surface area contributed by atoms with Crippen LogP contribution in [0.2, 0.25) is 0 Å². The lowest BCUT2D eigenvalue weighted by molar-refractivity contribution is -0.141. The summed E-state index contributed by atoms with van der Waals surface area (Å²) in [4.78, 5) is 32.8. The molecule has 102 valence electrons. The highest BCUT2D eigenvalue weighted by molar-refractivity contribution is 6.05. The van der Waals surface area contributed by atoms with Crippen LogP contribution in [-0.2, 0) is 16.1 Å². The number of carbonyl (C=O) groups excluding carboxylic acids is 2. The molecular weight excluding hydrogens is 244 g/mol. The Morgan fingerprint density at radius 3 is 2.84 bits per heavy atom. The third kappa shape index (κ3) is 2.40. The van der Waals surface area contributed by atoms with Gasteiger partial charge in [-0.2, -0.15) is 0 Å². The Morgan fingerprint density at radius 1 is 1.37 bits per heavy atom. The van der Waals surface area contributed by atoms with Gasteiger partial charge in [0.05, 0.1) is 19.0 Å². The molecule has 1 aromatic rings. The lowest BCUT2D eigenvalue weighted by atomic mass is 10.2. The number of H-pyrrole nitrogens is 1. The van der Waals surface area contributed by atoms with E-state index in [4.69, 9.17) is 0 Å². The average Bonchev–Trinajstić information content (AvgIpc) is 3.09. The highest BCUT2D eigenvalue weighted by atomic mass is 16.2. The van der Waals surface area contributed by atoms with Gasteiger partial charge in [0.25, 0.3) is 0 Å². The van der Waals surface area contributed by atoms with E-state index in [1.807, 2.05) is 0 Å². The van der Waals surface area contributed by atoms with Crippen molar-refractivity contribution >= 4 is 11.8 Å². The fourth-order valence-corrected chi connectivity index (χ4v) is 2.97. The number of hydrogen-bond acceptors (Lipinski definition) is 4. The maximum atomic E-state index is 12.3. The van der Waals surface area contributed by atoms with Crippen LogP contribution in [0.1, 0.15) is 37.9 Å². The number of imide groups is 1. The van der Waals surface area contributed by atoms with Crippen molar-refractivity contribution in [1.29, 1.82) is 0 Å². The minimum absolute atomic E-state index is 0.0335. The number of nitrogens with zero attached hydrogens (tertiary/aromatic N) is 2. The second kappa shape index (κ2) is 5.13. The highest BCUT2D eigenvalue weighted by Gasteiger charge is 2.42. The van der Waals surface area contributed by atoms with Crippen LogP contribution in [0.15, 0.2) is 12.4 Å². The minimum atomic E-state index is -0.391. The van der Waals surface area contributed by atoms with E-state index in [0.717, 1.165) is 31.5 Å². The van der Waals surface area contributed by atoms with Gasteiger partial charge in [0, 0.05) is 18.4 Å². The first-order valence-electron chi connectivity index (χ1n) is 6.83. The Morgan fingerprint density at radius 2 is 2.16 bits per heavy atom. The second-order valence-corrected chi connectivity index (χ2v) is 5.21. The molecule has 0 aromatic carbocycles. The van der Waals surface area contributed by atoms with Gasteiger partial charge in [-0.3, -0.25) is 19.8 Å². The monoisotopic (exact) mass is 262 g/mol. The number of aromatic nitrogens is 2. The zero-order chi connectivity index (χ0) is 13.2. The van der Waals surface area contributed by atoms with Crippen LogP contribution in [0.5, 0.6) is 0 Å². The third-order valence-corrected chi connectivity index (χ3v) is 3.94. The van der Waals surface area contributed by atoms with Gasteiger partial charge in [-0.25, -0.2) is 4.98 Å². The summed E-state index contributed by atoms with van der Waals surface area (Å²) in [6, 6.07) is -0.256. The molecule has 1 aliphatic carbocycles. The Hall–Kier alpha value is -1.69. The lowest BCUT2D eigenvalue weighted by Gasteiger charge is -2.22. The van der Waals surface area contributed by atoms with E-state index in [-0.39, 0.29) is 24.3 Å². The normalized spacial score (nSPS) is 24.6. The average molecular weight is 262 g/mol. The molecule has 1 aliphatic heterocycles. The van der Waals surface area contributed by atoms with Crippen LogP contribution in [-0.4, -0.2) is 38.8 Å². The largest absolute Gasteiger partial charge is 0.348 e. The molecule has 2 amide bonds. The first-order chi connectivity index (χ1) is 9.25. The lowest BCUT2D eigenvalue weighted by Crippen LogP contribution is -2.42. The topological polar surface area (TPSA) is 78.1 Å². The van der Waals surface area contributed by atoms with Gasteiger partial charge in [0.15, 0.2) is 0 Å². The van der Waals surface area contributed by atoms with Crippen LogP contribution in [0, 0.1) is 0 Å². The molecular formula is C13H18N4O2. The third-order valence-electron chi connectivity index (χ3n) is 3.94. The molecule has 2 N–H and O–H groups in total. The summed E-state index contributed by atoms with van der Waals surface area (Å²) in [5.41, 5.74) is 0. The molecule has 6 heteroatoms. The van der Waals surface area contributed by atoms with E-state index in [2.05, 4.69) is 15.3 Å². The Kier molecular flexibility index (Phi) is 3.33. The summed E-state index contributed by atoms with van der Waals surface area (Å²) in [7, 11) is 0. The maximum absolute atomic E-state index is 12.3. The first kappa shape index (κ1) is 12.3. The predicted octanol–water partition coefficient (Wildman–Crippen LogP) is 0.569. The molecule has 2 fully saturated rings. The Balaban J connectivity index is 1.61. The molecule has 2 aliphatic rings. The van der Waals surface area contributed by atoms with Crippen molar-refractivity contribution in [3.8, 4) is 0 Å². The van der Waals surface area contributed by atoms with Crippen molar-refractivity contribution < 1.29 is 9.59 Å². The van der Waals surface area contributed by atoms with Gasteiger partial charge >= 0.3 is 0 Å². The molecule has 6 nitrogen and oxygen atoms in total. The molecule has 0 radical (unpaired) electrons. The number of likely N-dealkylation sites (tertiary alicyclic amines) is 1. The van der Waals surface area contributed by atoms with Gasteiger partial charge < -0.3 is 4.98 Å². The quantitative estimate of drug-likeness (QED) is 0.778. The zero-order valence-corrected chi connectivity index (χ0v) is 10.8. The van der Waals surface area contributed by atoms with E-state index < -0.39 is 6.04 Å². The zero-order valence-electron chi connectivity index (χ0n) is 10.8. The predicted molar refractivity (Wildman–Crippen MR) is 67.9 cm³/mol. The van der Waals surface area contributed by atoms with Crippen molar-refractivity contribution in [1.82, 2.24) is 20.2 Å². The number of hydrogen-bond donors (Lipinski definition) is 2. The number of imidazole rings is 1. The summed E-state index contributed by atoms with van der Waals surface area (Å²) in [6.45, 7) is 0.481. The molecule has 1 aromatic heterocycles. The summed E-state index contributed by atoms with van der Waals surface area (Å²) in [5, 5.41) is 3.11. The number of nitrogens with one attached hydrogen (secondary N) is 2. The first-order valence-corrected chi connectivity index (χ1v) is 6.83. The summed E-state index contributed by atoms with van der Waals surface area (Å²) < 4.78 is 0. The van der Waals surface area contributed by atoms with E-state index >= 15 is 0 Å². The van der Waals surface area contributed by atoms with E-state index in [0.29, 0.717) is 6.54 Å². The van der Waals surface area contributed by atoms with Gasteiger partial charge in [-0.15, -0.1) is 0 Å². The van der Waals surface area contributed by atoms with Crippen molar-refractivity contribution in [3.05, 3.63) is 18.2 Å².